The molecule has 0 radical (unpaired) electrons. The Bertz CT molecular complexity index is 512. The van der Waals surface area contributed by atoms with Gasteiger partial charge in [0.2, 0.25) is 5.91 Å². The molecule has 8 heteroatoms. The van der Waals surface area contributed by atoms with Gasteiger partial charge in [0.15, 0.2) is 5.16 Å². The lowest BCUT2D eigenvalue weighted by Gasteiger charge is -2.26. The summed E-state index contributed by atoms with van der Waals surface area (Å²) < 4.78 is 1.81. The molecule has 21 heavy (non-hydrogen) atoms. The fraction of sp³-hybridized carbons (Fsp3) is 0.692. The molecule has 1 aromatic rings. The lowest BCUT2D eigenvalue weighted by Crippen LogP contribution is -2.36. The Morgan fingerprint density at radius 2 is 1.95 bits per heavy atom. The van der Waals surface area contributed by atoms with Crippen molar-refractivity contribution < 1.29 is 14.7 Å². The van der Waals surface area contributed by atoms with Crippen LogP contribution in [0.15, 0.2) is 5.16 Å². The molecule has 2 rings (SSSR count). The summed E-state index contributed by atoms with van der Waals surface area (Å²) >= 11 is 1.13. The van der Waals surface area contributed by atoms with Crippen LogP contribution in [0.25, 0.3) is 0 Å². The summed E-state index contributed by atoms with van der Waals surface area (Å²) in [6.45, 7) is 4.00. The Morgan fingerprint density at radius 1 is 1.24 bits per heavy atom. The molecule has 1 aliphatic rings. The number of carbonyl (C=O) groups excluding carboxylic acids is 1. The minimum atomic E-state index is -0.892. The number of aliphatic carboxylic acids is 1. The van der Waals surface area contributed by atoms with Gasteiger partial charge >= 0.3 is 5.97 Å². The van der Waals surface area contributed by atoms with Gasteiger partial charge in [-0.2, -0.15) is 0 Å². The van der Waals surface area contributed by atoms with Crippen molar-refractivity contribution in [3.05, 3.63) is 5.82 Å². The minimum absolute atomic E-state index is 0.0573. The van der Waals surface area contributed by atoms with Crippen molar-refractivity contribution in [2.24, 2.45) is 0 Å². The third-order valence-electron chi connectivity index (χ3n) is 3.48. The first-order valence-corrected chi connectivity index (χ1v) is 8.08. The number of piperidine rings is 1. The summed E-state index contributed by atoms with van der Waals surface area (Å²) in [5.41, 5.74) is 0. The average molecular weight is 312 g/mol. The zero-order chi connectivity index (χ0) is 15.2. The summed E-state index contributed by atoms with van der Waals surface area (Å²) in [5, 5.41) is 17.2. The number of hydrogen-bond acceptors (Lipinski definition) is 5. The molecule has 0 unspecified atom stereocenters. The molecule has 116 valence electrons. The summed E-state index contributed by atoms with van der Waals surface area (Å²) in [6, 6.07) is 0. The second-order valence-corrected chi connectivity index (χ2v) is 6.00. The second-order valence-electron chi connectivity index (χ2n) is 5.06. The first kappa shape index (κ1) is 15.8. The number of likely N-dealkylation sites (tertiary alicyclic amines) is 1. The lowest BCUT2D eigenvalue weighted by molar-refractivity contribution is -0.134. The molecule has 1 amide bonds. The van der Waals surface area contributed by atoms with Crippen LogP contribution in [0.2, 0.25) is 0 Å². The zero-order valence-corrected chi connectivity index (χ0v) is 12.9. The smallest absolute Gasteiger partial charge is 0.313 e. The Hall–Kier alpha value is -1.57. The van der Waals surface area contributed by atoms with E-state index in [4.69, 9.17) is 5.11 Å². The van der Waals surface area contributed by atoms with E-state index in [0.29, 0.717) is 23.9 Å². The topological polar surface area (TPSA) is 88.3 Å². The van der Waals surface area contributed by atoms with Gasteiger partial charge in [-0.05, 0) is 26.2 Å². The first-order valence-electron chi connectivity index (χ1n) is 7.10. The van der Waals surface area contributed by atoms with Crippen molar-refractivity contribution in [3.63, 3.8) is 0 Å². The zero-order valence-electron chi connectivity index (χ0n) is 12.1. The number of carbonyl (C=O) groups is 2. The number of thioether (sulfide) groups is 1. The van der Waals surface area contributed by atoms with E-state index in [1.165, 1.54) is 6.42 Å². The van der Waals surface area contributed by atoms with Gasteiger partial charge in [0.1, 0.15) is 5.82 Å². The second kappa shape index (κ2) is 7.44. The Balaban J connectivity index is 1.91. The SMILES string of the molecule is Cc1nnc(SCC(=O)O)n1CCC(=O)N1CCCCC1. The van der Waals surface area contributed by atoms with Crippen LogP contribution in [-0.2, 0) is 16.1 Å². The molecule has 2 heterocycles. The maximum atomic E-state index is 12.2. The van der Waals surface area contributed by atoms with Gasteiger partial charge < -0.3 is 14.6 Å². The predicted octanol–water partition coefficient (Wildman–Crippen LogP) is 1.17. The van der Waals surface area contributed by atoms with Gasteiger partial charge in [0.05, 0.1) is 5.75 Å². The highest BCUT2D eigenvalue weighted by Crippen LogP contribution is 2.17. The molecule has 0 aromatic carbocycles. The van der Waals surface area contributed by atoms with Crippen LogP contribution in [0.1, 0.15) is 31.5 Å². The lowest BCUT2D eigenvalue weighted by atomic mass is 10.1. The molecular formula is C13H20N4O3S. The molecule has 0 saturated carbocycles. The molecule has 0 spiro atoms. The number of carboxylic acids is 1. The van der Waals surface area contributed by atoms with Gasteiger partial charge in [-0.3, -0.25) is 9.59 Å². The molecule has 0 atom stereocenters. The van der Waals surface area contributed by atoms with Crippen LogP contribution in [0.3, 0.4) is 0 Å². The molecule has 1 aliphatic heterocycles. The summed E-state index contributed by atoms with van der Waals surface area (Å²) in [5.74, 6) is -0.0963. The van der Waals surface area contributed by atoms with E-state index in [1.807, 2.05) is 16.4 Å². The molecular weight excluding hydrogens is 292 g/mol. The quantitative estimate of drug-likeness (QED) is 0.793. The van der Waals surface area contributed by atoms with Crippen LogP contribution >= 0.6 is 11.8 Å². The summed E-state index contributed by atoms with van der Waals surface area (Å²) in [7, 11) is 0. The van der Waals surface area contributed by atoms with Crippen molar-refractivity contribution in [2.75, 3.05) is 18.8 Å². The molecule has 0 bridgehead atoms. The number of amides is 1. The highest BCUT2D eigenvalue weighted by molar-refractivity contribution is 7.99. The predicted molar refractivity (Wildman–Crippen MR) is 78.2 cm³/mol. The maximum absolute atomic E-state index is 12.2. The maximum Gasteiger partial charge on any atom is 0.313 e. The van der Waals surface area contributed by atoms with E-state index >= 15 is 0 Å². The minimum Gasteiger partial charge on any atom is -0.481 e. The van der Waals surface area contributed by atoms with Crippen LogP contribution < -0.4 is 0 Å². The normalized spacial score (nSPS) is 15.2. The van der Waals surface area contributed by atoms with E-state index in [2.05, 4.69) is 10.2 Å². The van der Waals surface area contributed by atoms with Crippen molar-refractivity contribution in [1.82, 2.24) is 19.7 Å². The van der Waals surface area contributed by atoms with Crippen molar-refractivity contribution in [2.45, 2.75) is 44.3 Å². The van der Waals surface area contributed by atoms with E-state index in [-0.39, 0.29) is 11.7 Å². The average Bonchev–Trinajstić information content (AvgIpc) is 2.84. The van der Waals surface area contributed by atoms with Crippen molar-refractivity contribution >= 4 is 23.6 Å². The van der Waals surface area contributed by atoms with Gasteiger partial charge in [-0.1, -0.05) is 11.8 Å². The summed E-state index contributed by atoms with van der Waals surface area (Å²) in [6.07, 6.45) is 3.76. The van der Waals surface area contributed by atoms with E-state index in [9.17, 15) is 9.59 Å². The van der Waals surface area contributed by atoms with Gasteiger partial charge in [-0.15, -0.1) is 10.2 Å². The van der Waals surface area contributed by atoms with Crippen LogP contribution in [-0.4, -0.2) is 55.5 Å². The fourth-order valence-electron chi connectivity index (χ4n) is 2.36. The molecule has 1 aromatic heterocycles. The number of rotatable bonds is 6. The number of carboxylic acid groups (broad SMARTS) is 1. The van der Waals surface area contributed by atoms with E-state index in [0.717, 1.165) is 37.7 Å². The highest BCUT2D eigenvalue weighted by Gasteiger charge is 2.18. The van der Waals surface area contributed by atoms with Crippen LogP contribution in [0.4, 0.5) is 0 Å². The van der Waals surface area contributed by atoms with Crippen LogP contribution in [0, 0.1) is 6.92 Å². The third kappa shape index (κ3) is 4.45. The standard InChI is InChI=1S/C13H20N4O3S/c1-10-14-15-13(21-9-12(19)20)17(10)8-5-11(18)16-6-3-2-4-7-16/h2-9H2,1H3,(H,19,20). The van der Waals surface area contributed by atoms with Gasteiger partial charge in [0, 0.05) is 26.1 Å². The Labute approximate surface area is 127 Å². The number of aryl methyl sites for hydroxylation is 1. The largest absolute Gasteiger partial charge is 0.481 e. The first-order chi connectivity index (χ1) is 10.1. The number of hydrogen-bond donors (Lipinski definition) is 1. The molecule has 1 N–H and O–H groups in total. The number of nitrogens with zero attached hydrogens (tertiary/aromatic N) is 4. The Kier molecular flexibility index (Phi) is 5.60. The molecule has 1 saturated heterocycles. The van der Waals surface area contributed by atoms with Crippen molar-refractivity contribution in [3.8, 4) is 0 Å². The van der Waals surface area contributed by atoms with Gasteiger partial charge in [-0.25, -0.2) is 0 Å². The Morgan fingerprint density at radius 3 is 2.62 bits per heavy atom. The van der Waals surface area contributed by atoms with Gasteiger partial charge in [0.25, 0.3) is 0 Å². The molecule has 1 fully saturated rings. The van der Waals surface area contributed by atoms with Crippen molar-refractivity contribution in [1.29, 1.82) is 0 Å². The highest BCUT2D eigenvalue weighted by atomic mass is 32.2. The monoisotopic (exact) mass is 312 g/mol. The number of aromatic nitrogens is 3. The molecule has 7 nitrogen and oxygen atoms in total. The van der Waals surface area contributed by atoms with E-state index < -0.39 is 5.97 Å². The molecule has 0 aliphatic carbocycles. The third-order valence-corrected chi connectivity index (χ3v) is 4.44. The fourth-order valence-corrected chi connectivity index (χ4v) is 3.09. The van der Waals surface area contributed by atoms with Crippen LogP contribution in [0.5, 0.6) is 0 Å². The summed E-state index contributed by atoms with van der Waals surface area (Å²) in [4.78, 5) is 24.7. The van der Waals surface area contributed by atoms with E-state index in [1.54, 1.807) is 0 Å².